The minimum Gasteiger partial charge on any atom is -0.459 e. The highest BCUT2D eigenvalue weighted by Gasteiger charge is 2.39. The number of hydrogen-bond donors (Lipinski definition) is 0. The van der Waals surface area contributed by atoms with Gasteiger partial charge in [-0.3, -0.25) is 9.78 Å². The number of fused-ring (bicyclic) bond motifs is 1. The molecule has 4 rings (SSSR count). The summed E-state index contributed by atoms with van der Waals surface area (Å²) in [6.45, 7) is 3.71. The fourth-order valence-electron chi connectivity index (χ4n) is 3.67. The van der Waals surface area contributed by atoms with Crippen molar-refractivity contribution in [2.75, 3.05) is 31.1 Å². The second-order valence-corrected chi connectivity index (χ2v) is 6.15. The maximum atomic E-state index is 12.4. The Kier molecular flexibility index (Phi) is 3.33. The van der Waals surface area contributed by atoms with Crippen LogP contribution in [0.15, 0.2) is 47.3 Å². The topological polar surface area (TPSA) is 49.6 Å². The van der Waals surface area contributed by atoms with Crippen molar-refractivity contribution in [2.45, 2.75) is 6.42 Å². The molecular weight excluding hydrogens is 278 g/mol. The molecule has 2 aliphatic heterocycles. The lowest BCUT2D eigenvalue weighted by Crippen LogP contribution is -2.40. The third kappa shape index (κ3) is 2.36. The molecule has 5 nitrogen and oxygen atoms in total. The van der Waals surface area contributed by atoms with Crippen LogP contribution >= 0.6 is 0 Å². The summed E-state index contributed by atoms with van der Waals surface area (Å²) in [6, 6.07) is 7.59. The van der Waals surface area contributed by atoms with Crippen LogP contribution in [-0.2, 0) is 0 Å². The molecule has 4 heterocycles. The molecule has 0 saturated carbocycles. The number of rotatable bonds is 2. The van der Waals surface area contributed by atoms with Crippen LogP contribution < -0.4 is 4.90 Å². The summed E-state index contributed by atoms with van der Waals surface area (Å²) >= 11 is 0. The molecule has 2 aromatic heterocycles. The molecular formula is C17H19N3O2. The molecule has 0 bridgehead atoms. The van der Waals surface area contributed by atoms with Gasteiger partial charge in [0.15, 0.2) is 5.76 Å². The Morgan fingerprint density at radius 1 is 1.18 bits per heavy atom. The van der Waals surface area contributed by atoms with Crippen LogP contribution in [0.2, 0.25) is 0 Å². The Bertz CT molecular complexity index is 641. The summed E-state index contributed by atoms with van der Waals surface area (Å²) in [5.41, 5.74) is 1.18. The van der Waals surface area contributed by atoms with E-state index in [9.17, 15) is 4.79 Å². The van der Waals surface area contributed by atoms with E-state index in [4.69, 9.17) is 4.42 Å². The number of aromatic nitrogens is 1. The van der Waals surface area contributed by atoms with E-state index in [0.717, 1.165) is 32.6 Å². The SMILES string of the molecule is O=C(c1ccco1)N1C[C@H]2CCN(c3cccnc3)C[C@H]2C1. The zero-order valence-corrected chi connectivity index (χ0v) is 12.4. The lowest BCUT2D eigenvalue weighted by Gasteiger charge is -2.35. The van der Waals surface area contributed by atoms with Crippen molar-refractivity contribution < 1.29 is 9.21 Å². The van der Waals surface area contributed by atoms with E-state index in [2.05, 4.69) is 16.0 Å². The zero-order valence-electron chi connectivity index (χ0n) is 12.4. The fourth-order valence-corrected chi connectivity index (χ4v) is 3.67. The maximum Gasteiger partial charge on any atom is 0.289 e. The van der Waals surface area contributed by atoms with E-state index >= 15 is 0 Å². The third-order valence-corrected chi connectivity index (χ3v) is 4.83. The van der Waals surface area contributed by atoms with Gasteiger partial charge < -0.3 is 14.2 Å². The van der Waals surface area contributed by atoms with Gasteiger partial charge in [0.2, 0.25) is 0 Å². The number of piperidine rings is 1. The first-order chi connectivity index (χ1) is 10.8. The van der Waals surface area contributed by atoms with Crippen molar-refractivity contribution >= 4 is 11.6 Å². The standard InChI is InChI=1S/C17H19N3O2/c21-17(16-4-2-8-22-16)20-10-13-5-7-19(11-14(13)12-20)15-3-1-6-18-9-15/h1-4,6,8-9,13-14H,5,7,10-12H2/t13-,14+/m1/s1. The highest BCUT2D eigenvalue weighted by atomic mass is 16.3. The quantitative estimate of drug-likeness (QED) is 0.853. The zero-order chi connectivity index (χ0) is 14.9. The summed E-state index contributed by atoms with van der Waals surface area (Å²) in [5.74, 6) is 1.61. The van der Waals surface area contributed by atoms with Gasteiger partial charge in [-0.05, 0) is 42.5 Å². The minimum atomic E-state index is 0.0207. The van der Waals surface area contributed by atoms with Crippen molar-refractivity contribution in [1.82, 2.24) is 9.88 Å². The van der Waals surface area contributed by atoms with Gasteiger partial charge in [0.25, 0.3) is 5.91 Å². The average Bonchev–Trinajstić information content (AvgIpc) is 3.23. The van der Waals surface area contributed by atoms with Gasteiger partial charge in [0.05, 0.1) is 18.1 Å². The summed E-state index contributed by atoms with van der Waals surface area (Å²) in [4.78, 5) is 20.9. The van der Waals surface area contributed by atoms with Crippen LogP contribution in [0.3, 0.4) is 0 Å². The predicted octanol–water partition coefficient (Wildman–Crippen LogP) is 2.27. The number of carbonyl (C=O) groups excluding carboxylic acids is 1. The summed E-state index contributed by atoms with van der Waals surface area (Å²) in [5, 5.41) is 0. The number of anilines is 1. The molecule has 2 fully saturated rings. The second kappa shape index (κ2) is 5.48. The number of furan rings is 1. The van der Waals surface area contributed by atoms with Gasteiger partial charge in [0.1, 0.15) is 0 Å². The number of nitrogens with zero attached hydrogens (tertiary/aromatic N) is 3. The summed E-state index contributed by atoms with van der Waals surface area (Å²) in [6.07, 6.45) is 6.40. The molecule has 0 aromatic carbocycles. The number of pyridine rings is 1. The monoisotopic (exact) mass is 297 g/mol. The number of amides is 1. The van der Waals surface area contributed by atoms with E-state index in [1.807, 2.05) is 17.2 Å². The average molecular weight is 297 g/mol. The maximum absolute atomic E-state index is 12.4. The van der Waals surface area contributed by atoms with Crippen molar-refractivity contribution in [3.63, 3.8) is 0 Å². The first-order valence-electron chi connectivity index (χ1n) is 7.79. The molecule has 2 saturated heterocycles. The number of carbonyl (C=O) groups is 1. The van der Waals surface area contributed by atoms with Gasteiger partial charge in [-0.15, -0.1) is 0 Å². The Labute approximate surface area is 129 Å². The molecule has 114 valence electrons. The van der Waals surface area contributed by atoms with Crippen molar-refractivity contribution in [2.24, 2.45) is 11.8 Å². The van der Waals surface area contributed by atoms with E-state index in [-0.39, 0.29) is 5.91 Å². The van der Waals surface area contributed by atoms with Crippen LogP contribution in [0, 0.1) is 11.8 Å². The second-order valence-electron chi connectivity index (χ2n) is 6.15. The van der Waals surface area contributed by atoms with Gasteiger partial charge in [0, 0.05) is 32.4 Å². The van der Waals surface area contributed by atoms with E-state index in [0.29, 0.717) is 17.6 Å². The van der Waals surface area contributed by atoms with Crippen LogP contribution in [0.4, 0.5) is 5.69 Å². The lowest BCUT2D eigenvalue weighted by atomic mass is 9.88. The normalized spacial score (nSPS) is 24.4. The van der Waals surface area contributed by atoms with Crippen molar-refractivity contribution in [3.8, 4) is 0 Å². The third-order valence-electron chi connectivity index (χ3n) is 4.83. The van der Waals surface area contributed by atoms with Gasteiger partial charge in [-0.25, -0.2) is 0 Å². The molecule has 2 atom stereocenters. The highest BCUT2D eigenvalue weighted by molar-refractivity contribution is 5.91. The Morgan fingerprint density at radius 2 is 2.09 bits per heavy atom. The molecule has 5 heteroatoms. The molecule has 2 aromatic rings. The molecule has 2 aliphatic rings. The Balaban J connectivity index is 1.45. The minimum absolute atomic E-state index is 0.0207. The smallest absolute Gasteiger partial charge is 0.289 e. The van der Waals surface area contributed by atoms with E-state index in [1.54, 1.807) is 24.6 Å². The molecule has 0 radical (unpaired) electrons. The highest BCUT2D eigenvalue weighted by Crippen LogP contribution is 2.33. The lowest BCUT2D eigenvalue weighted by molar-refractivity contribution is 0.0753. The largest absolute Gasteiger partial charge is 0.459 e. The van der Waals surface area contributed by atoms with Crippen molar-refractivity contribution in [1.29, 1.82) is 0 Å². The summed E-state index contributed by atoms with van der Waals surface area (Å²) in [7, 11) is 0. The number of likely N-dealkylation sites (tertiary alicyclic amines) is 1. The van der Waals surface area contributed by atoms with Crippen LogP contribution in [0.1, 0.15) is 17.0 Å². The van der Waals surface area contributed by atoms with Crippen LogP contribution in [0.25, 0.3) is 0 Å². The Morgan fingerprint density at radius 3 is 2.86 bits per heavy atom. The van der Waals surface area contributed by atoms with E-state index in [1.165, 1.54) is 5.69 Å². The first-order valence-corrected chi connectivity index (χ1v) is 7.79. The summed E-state index contributed by atoms with van der Waals surface area (Å²) < 4.78 is 5.24. The van der Waals surface area contributed by atoms with Crippen LogP contribution in [0.5, 0.6) is 0 Å². The number of hydrogen-bond acceptors (Lipinski definition) is 4. The van der Waals surface area contributed by atoms with Gasteiger partial charge in [-0.1, -0.05) is 0 Å². The van der Waals surface area contributed by atoms with Crippen molar-refractivity contribution in [3.05, 3.63) is 48.7 Å². The van der Waals surface area contributed by atoms with Crippen LogP contribution in [-0.4, -0.2) is 42.0 Å². The van der Waals surface area contributed by atoms with Gasteiger partial charge in [-0.2, -0.15) is 0 Å². The molecule has 0 spiro atoms. The predicted molar refractivity (Wildman–Crippen MR) is 82.7 cm³/mol. The fraction of sp³-hybridized carbons (Fsp3) is 0.412. The van der Waals surface area contributed by atoms with E-state index < -0.39 is 0 Å². The Hall–Kier alpha value is -2.30. The first kappa shape index (κ1) is 13.4. The van der Waals surface area contributed by atoms with Gasteiger partial charge >= 0.3 is 0 Å². The molecule has 22 heavy (non-hydrogen) atoms. The molecule has 1 amide bonds. The molecule has 0 unspecified atom stereocenters. The molecule has 0 N–H and O–H groups in total. The molecule has 0 aliphatic carbocycles.